The minimum Gasteiger partial charge on any atom is -0.144 e. The highest BCUT2D eigenvalue weighted by atomic mass is 35.5. The van der Waals surface area contributed by atoms with Gasteiger partial charge in [0, 0.05) is 6.42 Å². The molecule has 17 heavy (non-hydrogen) atoms. The Morgan fingerprint density at radius 1 is 1.18 bits per heavy atom. The van der Waals surface area contributed by atoms with Gasteiger partial charge >= 0.3 is 0 Å². The highest BCUT2D eigenvalue weighted by molar-refractivity contribution is 7.11. The van der Waals surface area contributed by atoms with Gasteiger partial charge in [-0.1, -0.05) is 41.7 Å². The number of alkyl halides is 1. The predicted molar refractivity (Wildman–Crippen MR) is 72.6 cm³/mol. The van der Waals surface area contributed by atoms with Gasteiger partial charge in [0.1, 0.15) is 10.0 Å². The van der Waals surface area contributed by atoms with Crippen molar-refractivity contribution in [3.63, 3.8) is 0 Å². The Kier molecular flexibility index (Phi) is 4.51. The molecule has 0 N–H and O–H groups in total. The molecule has 0 aliphatic carbocycles. The lowest BCUT2D eigenvalue weighted by Crippen LogP contribution is -1.89. The number of hydrogen-bond acceptors (Lipinski definition) is 3. The first kappa shape index (κ1) is 12.5. The molecule has 0 spiro atoms. The molecule has 2 nitrogen and oxygen atoms in total. The van der Waals surface area contributed by atoms with Crippen LogP contribution in [0.1, 0.15) is 34.3 Å². The SMILES string of the molecule is CC(Cl)c1nnc(CCCc2ccccc2)s1. The average molecular weight is 267 g/mol. The van der Waals surface area contributed by atoms with E-state index >= 15 is 0 Å². The van der Waals surface area contributed by atoms with Crippen LogP contribution >= 0.6 is 22.9 Å². The fourth-order valence-corrected chi connectivity index (χ4v) is 2.61. The summed E-state index contributed by atoms with van der Waals surface area (Å²) < 4.78 is 0. The highest BCUT2D eigenvalue weighted by Gasteiger charge is 2.08. The Labute approximate surface area is 111 Å². The van der Waals surface area contributed by atoms with Crippen molar-refractivity contribution in [2.45, 2.75) is 31.6 Å². The van der Waals surface area contributed by atoms with E-state index in [0.29, 0.717) is 0 Å². The van der Waals surface area contributed by atoms with E-state index in [9.17, 15) is 0 Å². The third kappa shape index (κ3) is 3.79. The van der Waals surface area contributed by atoms with E-state index in [2.05, 4.69) is 34.5 Å². The van der Waals surface area contributed by atoms with Gasteiger partial charge in [0.05, 0.1) is 5.38 Å². The van der Waals surface area contributed by atoms with Crippen LogP contribution in [0.4, 0.5) is 0 Å². The van der Waals surface area contributed by atoms with Crippen LogP contribution < -0.4 is 0 Å². The number of hydrogen-bond donors (Lipinski definition) is 0. The number of benzene rings is 1. The minimum atomic E-state index is -0.0321. The minimum absolute atomic E-state index is 0.0321. The van der Waals surface area contributed by atoms with E-state index in [0.717, 1.165) is 29.3 Å². The molecule has 0 aliphatic rings. The lowest BCUT2D eigenvalue weighted by molar-refractivity contribution is 0.798. The number of aromatic nitrogens is 2. The molecule has 0 amide bonds. The standard InChI is InChI=1S/C13H15ClN2S/c1-10(14)13-16-15-12(17-13)9-5-8-11-6-3-2-4-7-11/h2-4,6-7,10H,5,8-9H2,1H3. The molecule has 1 unspecified atom stereocenters. The van der Waals surface area contributed by atoms with Gasteiger partial charge in [-0.3, -0.25) is 0 Å². The van der Waals surface area contributed by atoms with E-state index in [1.807, 2.05) is 13.0 Å². The second-order valence-electron chi connectivity index (χ2n) is 3.99. The van der Waals surface area contributed by atoms with Gasteiger partial charge in [-0.25, -0.2) is 0 Å². The zero-order valence-electron chi connectivity index (χ0n) is 9.77. The smallest absolute Gasteiger partial charge is 0.135 e. The maximum Gasteiger partial charge on any atom is 0.135 e. The zero-order valence-corrected chi connectivity index (χ0v) is 11.3. The molecule has 90 valence electrons. The number of halogens is 1. The van der Waals surface area contributed by atoms with E-state index in [1.165, 1.54) is 5.56 Å². The van der Waals surface area contributed by atoms with Crippen LogP contribution in [0.25, 0.3) is 0 Å². The largest absolute Gasteiger partial charge is 0.144 e. The molecule has 2 aromatic rings. The molecule has 1 atom stereocenters. The van der Waals surface area contributed by atoms with Gasteiger partial charge < -0.3 is 0 Å². The maximum absolute atomic E-state index is 5.95. The Morgan fingerprint density at radius 2 is 1.94 bits per heavy atom. The molecule has 1 aromatic heterocycles. The fraction of sp³-hybridized carbons (Fsp3) is 0.385. The highest BCUT2D eigenvalue weighted by Crippen LogP contribution is 2.23. The summed E-state index contributed by atoms with van der Waals surface area (Å²) in [6.07, 6.45) is 3.18. The summed E-state index contributed by atoms with van der Waals surface area (Å²) >= 11 is 7.58. The normalized spacial score (nSPS) is 12.6. The third-order valence-corrected chi connectivity index (χ3v) is 4.02. The van der Waals surface area contributed by atoms with E-state index in [1.54, 1.807) is 11.3 Å². The number of aryl methyl sites for hydroxylation is 2. The molecule has 0 aliphatic heterocycles. The number of rotatable bonds is 5. The molecule has 0 radical (unpaired) electrons. The molecule has 0 saturated carbocycles. The van der Waals surface area contributed by atoms with Crippen molar-refractivity contribution >= 4 is 22.9 Å². The van der Waals surface area contributed by atoms with Crippen molar-refractivity contribution in [3.8, 4) is 0 Å². The summed E-state index contributed by atoms with van der Waals surface area (Å²) in [7, 11) is 0. The van der Waals surface area contributed by atoms with Gasteiger partial charge in [0.2, 0.25) is 0 Å². The maximum atomic E-state index is 5.95. The Hall–Kier alpha value is -0.930. The predicted octanol–water partition coefficient (Wildman–Crippen LogP) is 4.01. The van der Waals surface area contributed by atoms with Crippen LogP contribution in [0.5, 0.6) is 0 Å². The zero-order chi connectivity index (χ0) is 12.1. The molecular formula is C13H15ClN2S. The Morgan fingerprint density at radius 3 is 2.59 bits per heavy atom. The topological polar surface area (TPSA) is 25.8 Å². The summed E-state index contributed by atoms with van der Waals surface area (Å²) in [4.78, 5) is 0. The molecule has 4 heteroatoms. The molecule has 2 rings (SSSR count). The summed E-state index contributed by atoms with van der Waals surface area (Å²) in [6.45, 7) is 1.93. The quantitative estimate of drug-likeness (QED) is 0.764. The van der Waals surface area contributed by atoms with Crippen LogP contribution in [-0.4, -0.2) is 10.2 Å². The average Bonchev–Trinajstić information content (AvgIpc) is 2.79. The van der Waals surface area contributed by atoms with Crippen LogP contribution in [0.2, 0.25) is 0 Å². The van der Waals surface area contributed by atoms with Crippen LogP contribution in [-0.2, 0) is 12.8 Å². The first-order chi connectivity index (χ1) is 8.25. The molecule has 0 bridgehead atoms. The summed E-state index contributed by atoms with van der Waals surface area (Å²) in [6, 6.07) is 10.5. The molecule has 0 fully saturated rings. The first-order valence-corrected chi connectivity index (χ1v) is 7.01. The summed E-state index contributed by atoms with van der Waals surface area (Å²) in [5.41, 5.74) is 1.38. The van der Waals surface area contributed by atoms with Crippen molar-refractivity contribution in [1.29, 1.82) is 0 Å². The second-order valence-corrected chi connectivity index (χ2v) is 5.74. The lowest BCUT2D eigenvalue weighted by atomic mass is 10.1. The first-order valence-electron chi connectivity index (χ1n) is 5.76. The summed E-state index contributed by atoms with van der Waals surface area (Å²) in [5.74, 6) is 0. The Balaban J connectivity index is 1.82. The van der Waals surface area contributed by atoms with Crippen molar-refractivity contribution in [2.24, 2.45) is 0 Å². The molecule has 1 aromatic carbocycles. The van der Waals surface area contributed by atoms with Gasteiger partial charge in [-0.15, -0.1) is 21.8 Å². The van der Waals surface area contributed by atoms with Crippen molar-refractivity contribution in [3.05, 3.63) is 45.9 Å². The van der Waals surface area contributed by atoms with E-state index < -0.39 is 0 Å². The van der Waals surface area contributed by atoms with Crippen LogP contribution in [0.15, 0.2) is 30.3 Å². The van der Waals surface area contributed by atoms with Gasteiger partial charge in [-0.05, 0) is 25.3 Å². The van der Waals surface area contributed by atoms with Crippen molar-refractivity contribution in [1.82, 2.24) is 10.2 Å². The van der Waals surface area contributed by atoms with Gasteiger partial charge in [0.25, 0.3) is 0 Å². The number of nitrogens with zero attached hydrogens (tertiary/aromatic N) is 2. The van der Waals surface area contributed by atoms with Gasteiger partial charge in [-0.2, -0.15) is 0 Å². The summed E-state index contributed by atoms with van der Waals surface area (Å²) in [5, 5.41) is 10.2. The Bertz CT molecular complexity index is 453. The molecule has 0 saturated heterocycles. The molecule has 1 heterocycles. The van der Waals surface area contributed by atoms with Crippen molar-refractivity contribution < 1.29 is 0 Å². The lowest BCUT2D eigenvalue weighted by Gasteiger charge is -1.98. The van der Waals surface area contributed by atoms with E-state index in [-0.39, 0.29) is 5.38 Å². The van der Waals surface area contributed by atoms with Gasteiger partial charge in [0.15, 0.2) is 0 Å². The second kappa shape index (κ2) is 6.12. The van der Waals surface area contributed by atoms with Crippen LogP contribution in [0, 0.1) is 0 Å². The van der Waals surface area contributed by atoms with E-state index in [4.69, 9.17) is 11.6 Å². The van der Waals surface area contributed by atoms with Crippen molar-refractivity contribution in [2.75, 3.05) is 0 Å². The monoisotopic (exact) mass is 266 g/mol. The third-order valence-electron chi connectivity index (χ3n) is 2.52. The fourth-order valence-electron chi connectivity index (χ4n) is 1.62. The molecular weight excluding hydrogens is 252 g/mol. The van der Waals surface area contributed by atoms with Crippen LogP contribution in [0.3, 0.4) is 0 Å².